The van der Waals surface area contributed by atoms with E-state index in [1.807, 2.05) is 24.3 Å². The van der Waals surface area contributed by atoms with Crippen molar-refractivity contribution in [1.29, 1.82) is 0 Å². The highest BCUT2D eigenvalue weighted by Gasteiger charge is 2.71. The molecule has 2 atom stereocenters. The fourth-order valence-corrected chi connectivity index (χ4v) is 5.34. The fourth-order valence-electron chi connectivity index (χ4n) is 5.34. The maximum Gasteiger partial charge on any atom is 0.335 e. The van der Waals surface area contributed by atoms with Crippen molar-refractivity contribution in [3.8, 4) is 0 Å². The van der Waals surface area contributed by atoms with Crippen LogP contribution in [0.25, 0.3) is 6.08 Å². The molecule has 0 heterocycles. The molecule has 3 rings (SSSR count). The number of esters is 1. The number of fused-ring (bicyclic) bond motifs is 2. The normalized spacial score (nSPS) is 28.6. The van der Waals surface area contributed by atoms with Crippen LogP contribution in [0.5, 0.6) is 0 Å². The van der Waals surface area contributed by atoms with Crippen molar-refractivity contribution in [3.05, 3.63) is 64.4 Å². The molecule has 3 nitrogen and oxygen atoms in total. The van der Waals surface area contributed by atoms with Gasteiger partial charge in [-0.05, 0) is 42.9 Å². The number of methoxy groups -OCH3 is 1. The van der Waals surface area contributed by atoms with E-state index in [0.29, 0.717) is 0 Å². The predicted molar refractivity (Wildman–Crippen MR) is 109 cm³/mol. The van der Waals surface area contributed by atoms with Crippen LogP contribution in [0.3, 0.4) is 0 Å². The maximum absolute atomic E-state index is 13.2. The molecule has 0 saturated carbocycles. The summed E-state index contributed by atoms with van der Waals surface area (Å²) in [6.45, 7) is 17.0. The van der Waals surface area contributed by atoms with Gasteiger partial charge >= 0.3 is 5.97 Å². The van der Waals surface area contributed by atoms with Gasteiger partial charge in [-0.1, -0.05) is 63.3 Å². The van der Waals surface area contributed by atoms with E-state index in [2.05, 4.69) is 48.1 Å². The second kappa shape index (κ2) is 6.12. The monoisotopic (exact) mass is 366 g/mol. The van der Waals surface area contributed by atoms with E-state index < -0.39 is 5.41 Å². The standard InChI is InChI=1S/C24H30O3/c1-9-17-10-12-18(13-11-17)14-27-21(25)19-15(2)23(6)16(3)20(26-8)24(19,7)22(23,4)5/h9-13H,1,14H2,2-8H3/t23-,24+/m0/s1. The predicted octanol–water partition coefficient (Wildman–Crippen LogP) is 5.68. The van der Waals surface area contributed by atoms with Gasteiger partial charge in [0, 0.05) is 5.41 Å². The zero-order chi connectivity index (χ0) is 20.2. The lowest BCUT2D eigenvalue weighted by Crippen LogP contribution is -2.39. The van der Waals surface area contributed by atoms with E-state index in [-0.39, 0.29) is 23.4 Å². The Morgan fingerprint density at radius 2 is 1.63 bits per heavy atom. The number of allylic oxidation sites excluding steroid dienone is 3. The molecule has 3 heteroatoms. The molecule has 0 saturated heterocycles. The minimum atomic E-state index is -0.492. The minimum absolute atomic E-state index is 0.167. The van der Waals surface area contributed by atoms with Gasteiger partial charge in [0.05, 0.1) is 18.1 Å². The first-order chi connectivity index (χ1) is 12.6. The third kappa shape index (κ3) is 2.24. The molecule has 2 aliphatic carbocycles. The van der Waals surface area contributed by atoms with Gasteiger partial charge in [0.1, 0.15) is 12.4 Å². The molecule has 0 fully saturated rings. The highest BCUT2D eigenvalue weighted by Crippen LogP contribution is 2.75. The van der Waals surface area contributed by atoms with Crippen LogP contribution in [-0.4, -0.2) is 13.1 Å². The minimum Gasteiger partial charge on any atom is -0.500 e. The molecule has 27 heavy (non-hydrogen) atoms. The lowest BCUT2D eigenvalue weighted by Gasteiger charge is -2.42. The summed E-state index contributed by atoms with van der Waals surface area (Å²) in [5, 5.41) is 0. The summed E-state index contributed by atoms with van der Waals surface area (Å²) in [7, 11) is 1.70. The van der Waals surface area contributed by atoms with E-state index in [1.165, 1.54) is 5.57 Å². The van der Waals surface area contributed by atoms with Crippen LogP contribution in [0.4, 0.5) is 0 Å². The summed E-state index contributed by atoms with van der Waals surface area (Å²) in [6, 6.07) is 7.87. The molecule has 2 bridgehead atoms. The molecule has 1 aromatic rings. The van der Waals surface area contributed by atoms with Crippen LogP contribution in [0.1, 0.15) is 52.7 Å². The number of benzene rings is 1. The van der Waals surface area contributed by atoms with Crippen LogP contribution in [-0.2, 0) is 20.9 Å². The zero-order valence-corrected chi connectivity index (χ0v) is 17.5. The Kier molecular flexibility index (Phi) is 4.41. The van der Waals surface area contributed by atoms with Gasteiger partial charge in [-0.15, -0.1) is 0 Å². The molecule has 1 aromatic carbocycles. The van der Waals surface area contributed by atoms with Gasteiger partial charge in [0.2, 0.25) is 0 Å². The van der Waals surface area contributed by atoms with Crippen LogP contribution in [0.15, 0.2) is 53.3 Å². The third-order valence-electron chi connectivity index (χ3n) is 7.66. The van der Waals surface area contributed by atoms with E-state index in [4.69, 9.17) is 9.47 Å². The van der Waals surface area contributed by atoms with Crippen LogP contribution in [0.2, 0.25) is 0 Å². The summed E-state index contributed by atoms with van der Waals surface area (Å²) in [4.78, 5) is 13.2. The van der Waals surface area contributed by atoms with Crippen molar-refractivity contribution in [2.24, 2.45) is 16.2 Å². The first kappa shape index (κ1) is 19.5. The Bertz CT molecular complexity index is 869. The van der Waals surface area contributed by atoms with Crippen molar-refractivity contribution in [3.63, 3.8) is 0 Å². The third-order valence-corrected chi connectivity index (χ3v) is 7.66. The molecule has 0 unspecified atom stereocenters. The smallest absolute Gasteiger partial charge is 0.335 e. The molecule has 144 valence electrons. The van der Waals surface area contributed by atoms with Crippen LogP contribution in [0, 0.1) is 16.2 Å². The Morgan fingerprint density at radius 3 is 2.11 bits per heavy atom. The lowest BCUT2D eigenvalue weighted by molar-refractivity contribution is -0.142. The van der Waals surface area contributed by atoms with Crippen molar-refractivity contribution in [2.75, 3.05) is 7.11 Å². The van der Waals surface area contributed by atoms with Gasteiger partial charge in [-0.25, -0.2) is 4.79 Å². The first-order valence-electron chi connectivity index (χ1n) is 9.43. The van der Waals surface area contributed by atoms with Gasteiger partial charge in [-0.3, -0.25) is 0 Å². The number of hydrogen-bond donors (Lipinski definition) is 0. The first-order valence-corrected chi connectivity index (χ1v) is 9.43. The average molecular weight is 367 g/mol. The molecule has 0 spiro atoms. The molecule has 0 N–H and O–H groups in total. The van der Waals surface area contributed by atoms with Crippen molar-refractivity contribution in [2.45, 2.75) is 48.1 Å². The molecular weight excluding hydrogens is 336 g/mol. The topological polar surface area (TPSA) is 35.5 Å². The van der Waals surface area contributed by atoms with Crippen LogP contribution < -0.4 is 0 Å². The highest BCUT2D eigenvalue weighted by atomic mass is 16.5. The van der Waals surface area contributed by atoms with Gasteiger partial charge in [-0.2, -0.15) is 0 Å². The van der Waals surface area contributed by atoms with Gasteiger partial charge in [0.15, 0.2) is 0 Å². The molecule has 0 radical (unpaired) electrons. The van der Waals surface area contributed by atoms with E-state index in [1.54, 1.807) is 13.2 Å². The number of ether oxygens (including phenoxy) is 2. The second-order valence-electron chi connectivity index (χ2n) is 8.56. The molecule has 0 aliphatic heterocycles. The Morgan fingerprint density at radius 1 is 1.04 bits per heavy atom. The van der Waals surface area contributed by atoms with E-state index in [9.17, 15) is 4.79 Å². The van der Waals surface area contributed by atoms with E-state index >= 15 is 0 Å². The Balaban J connectivity index is 1.92. The quantitative estimate of drug-likeness (QED) is 0.629. The summed E-state index contributed by atoms with van der Waals surface area (Å²) >= 11 is 0. The van der Waals surface area contributed by atoms with Crippen LogP contribution >= 0.6 is 0 Å². The number of hydrogen-bond acceptors (Lipinski definition) is 3. The Labute approximate surface area is 162 Å². The summed E-state index contributed by atoms with van der Waals surface area (Å²) in [5.41, 5.74) is 4.20. The summed E-state index contributed by atoms with van der Waals surface area (Å²) < 4.78 is 11.5. The Hall–Kier alpha value is -2.29. The molecule has 2 aliphatic rings. The summed E-state index contributed by atoms with van der Waals surface area (Å²) in [5.74, 6) is 0.657. The number of rotatable bonds is 5. The largest absolute Gasteiger partial charge is 0.500 e. The van der Waals surface area contributed by atoms with E-state index in [0.717, 1.165) is 28.0 Å². The molecule has 0 aromatic heterocycles. The average Bonchev–Trinajstić information content (AvgIpc) is 2.84. The second-order valence-corrected chi connectivity index (χ2v) is 8.56. The maximum atomic E-state index is 13.2. The highest BCUT2D eigenvalue weighted by molar-refractivity contribution is 5.94. The van der Waals surface area contributed by atoms with Crippen molar-refractivity contribution < 1.29 is 14.3 Å². The van der Waals surface area contributed by atoms with Gasteiger partial charge in [0.25, 0.3) is 0 Å². The lowest BCUT2D eigenvalue weighted by atomic mass is 9.60. The van der Waals surface area contributed by atoms with Crippen molar-refractivity contribution in [1.82, 2.24) is 0 Å². The fraction of sp³-hybridized carbons (Fsp3) is 0.458. The number of carbonyl (C=O) groups is 1. The zero-order valence-electron chi connectivity index (χ0n) is 17.5. The van der Waals surface area contributed by atoms with Gasteiger partial charge < -0.3 is 9.47 Å². The number of carbonyl (C=O) groups excluding carboxylic acids is 1. The molecular formula is C24H30O3. The molecule has 0 amide bonds. The summed E-state index contributed by atoms with van der Waals surface area (Å²) in [6.07, 6.45) is 1.80. The SMILES string of the molecule is C=Cc1ccc(COC(=O)C2=C(C)[C@@]3(C)C(C)=C(OC)[C@]2(C)C3(C)C)cc1. The van der Waals surface area contributed by atoms with Crippen molar-refractivity contribution >= 4 is 12.0 Å².